The molecule has 2 fully saturated rings. The van der Waals surface area contributed by atoms with Crippen molar-refractivity contribution in [3.63, 3.8) is 0 Å². The number of benzene rings is 1. The smallest absolute Gasteiger partial charge is 0.263 e. The van der Waals surface area contributed by atoms with E-state index in [1.54, 1.807) is 61.2 Å². The van der Waals surface area contributed by atoms with Gasteiger partial charge in [-0.1, -0.05) is 24.3 Å². The first-order valence-electron chi connectivity index (χ1n) is 13.2. The van der Waals surface area contributed by atoms with Crippen LogP contribution < -0.4 is 10.9 Å². The zero-order valence-electron chi connectivity index (χ0n) is 21.4. The topological polar surface area (TPSA) is 113 Å². The molecule has 2 saturated carbocycles. The van der Waals surface area contributed by atoms with Crippen LogP contribution in [0.5, 0.6) is 0 Å². The van der Waals surface area contributed by atoms with Gasteiger partial charge < -0.3 is 14.5 Å². The molecule has 0 atom stereocenters. The molecule has 200 valence electrons. The Morgan fingerprint density at radius 2 is 1.82 bits per heavy atom. The van der Waals surface area contributed by atoms with Gasteiger partial charge in [0.1, 0.15) is 29.2 Å². The van der Waals surface area contributed by atoms with E-state index in [1.165, 1.54) is 10.6 Å². The van der Waals surface area contributed by atoms with E-state index in [9.17, 15) is 14.0 Å². The monoisotopic (exact) mass is 536 g/mol. The maximum absolute atomic E-state index is 14.5. The fourth-order valence-corrected chi connectivity index (χ4v) is 4.77. The summed E-state index contributed by atoms with van der Waals surface area (Å²) in [5.74, 6) is -0.134. The summed E-state index contributed by atoms with van der Waals surface area (Å²) in [5, 5.41) is 15.4. The van der Waals surface area contributed by atoms with Gasteiger partial charge in [-0.3, -0.25) is 14.3 Å². The van der Waals surface area contributed by atoms with Crippen molar-refractivity contribution >= 4 is 11.7 Å². The van der Waals surface area contributed by atoms with Crippen LogP contribution in [0.25, 0.3) is 22.6 Å². The van der Waals surface area contributed by atoms with Gasteiger partial charge in [0.2, 0.25) is 0 Å². The molecule has 4 aromatic heterocycles. The Kier molecular flexibility index (Phi) is 5.84. The lowest BCUT2D eigenvalue weighted by molar-refractivity contribution is 0.102. The Morgan fingerprint density at radius 1 is 1.00 bits per heavy atom. The molecule has 4 heterocycles. The average molecular weight is 537 g/mol. The van der Waals surface area contributed by atoms with Crippen LogP contribution in [0.1, 0.15) is 53.7 Å². The molecule has 40 heavy (non-hydrogen) atoms. The SMILES string of the molecule is O=C(Nc1cccc(-c2nncn2C2CC2)n1)c1cc(-c2cnn(C3CC3)c2)cn(Cc2ccccc2F)c1=O. The summed E-state index contributed by atoms with van der Waals surface area (Å²) in [6.07, 6.45) is 11.2. The largest absolute Gasteiger partial charge is 0.310 e. The molecular formula is C29H25FN8O2. The van der Waals surface area contributed by atoms with Crippen LogP contribution in [0.3, 0.4) is 0 Å². The lowest BCUT2D eigenvalue weighted by Crippen LogP contribution is -2.30. The van der Waals surface area contributed by atoms with E-state index in [1.807, 2.05) is 15.4 Å². The molecule has 0 saturated heterocycles. The summed E-state index contributed by atoms with van der Waals surface area (Å²) in [4.78, 5) is 31.6. The van der Waals surface area contributed by atoms with Gasteiger partial charge in [0.25, 0.3) is 11.5 Å². The molecule has 7 rings (SSSR count). The molecule has 0 bridgehead atoms. The van der Waals surface area contributed by atoms with Crippen LogP contribution >= 0.6 is 0 Å². The van der Waals surface area contributed by atoms with Crippen molar-refractivity contribution in [2.45, 2.75) is 44.3 Å². The van der Waals surface area contributed by atoms with Gasteiger partial charge in [0.15, 0.2) is 5.82 Å². The molecule has 0 radical (unpaired) electrons. The molecule has 10 nitrogen and oxygen atoms in total. The van der Waals surface area contributed by atoms with Crippen LogP contribution in [0.2, 0.25) is 0 Å². The number of amides is 1. The minimum atomic E-state index is -0.614. The fourth-order valence-electron chi connectivity index (χ4n) is 4.77. The first kappa shape index (κ1) is 24.1. The van der Waals surface area contributed by atoms with E-state index in [4.69, 9.17) is 0 Å². The first-order chi connectivity index (χ1) is 19.5. The van der Waals surface area contributed by atoms with E-state index in [0.29, 0.717) is 34.7 Å². The summed E-state index contributed by atoms with van der Waals surface area (Å²) < 4.78 is 19.7. The number of anilines is 1. The number of pyridine rings is 2. The molecule has 11 heteroatoms. The Morgan fingerprint density at radius 3 is 2.62 bits per heavy atom. The second-order valence-electron chi connectivity index (χ2n) is 10.3. The second-order valence-corrected chi connectivity index (χ2v) is 10.3. The van der Waals surface area contributed by atoms with E-state index >= 15 is 0 Å². The molecule has 2 aliphatic carbocycles. The third-order valence-electron chi connectivity index (χ3n) is 7.22. The van der Waals surface area contributed by atoms with Crippen LogP contribution in [-0.4, -0.2) is 40.0 Å². The molecule has 0 spiro atoms. The summed E-state index contributed by atoms with van der Waals surface area (Å²) in [5.41, 5.74) is 1.69. The van der Waals surface area contributed by atoms with Gasteiger partial charge in [0.05, 0.1) is 18.8 Å². The first-order valence-corrected chi connectivity index (χ1v) is 13.2. The lowest BCUT2D eigenvalue weighted by atomic mass is 10.1. The normalized spacial score (nSPS) is 14.8. The summed E-state index contributed by atoms with van der Waals surface area (Å²) in [7, 11) is 0. The number of nitrogens with zero attached hydrogens (tertiary/aromatic N) is 7. The van der Waals surface area contributed by atoms with E-state index in [2.05, 4.69) is 25.6 Å². The Hall–Kier alpha value is -4.93. The Bertz CT molecular complexity index is 1800. The van der Waals surface area contributed by atoms with Gasteiger partial charge in [-0.25, -0.2) is 9.37 Å². The predicted octanol–water partition coefficient (Wildman–Crippen LogP) is 4.47. The van der Waals surface area contributed by atoms with Crippen molar-refractivity contribution in [2.24, 2.45) is 0 Å². The Balaban J connectivity index is 1.23. The zero-order chi connectivity index (χ0) is 27.2. The number of hydrogen-bond acceptors (Lipinski definition) is 6. The van der Waals surface area contributed by atoms with Crippen LogP contribution in [0.4, 0.5) is 10.2 Å². The lowest BCUT2D eigenvalue weighted by Gasteiger charge is -2.12. The van der Waals surface area contributed by atoms with Crippen molar-refractivity contribution in [3.05, 3.63) is 101 Å². The standard InChI is InChI=1S/C29H25FN8O2/c30-24-5-2-1-4-18(24)14-36-15-19(20-13-32-38(16-20)22-10-11-22)12-23(29(36)40)28(39)34-26-7-3-6-25(33-26)27-35-31-17-37(27)21-8-9-21/h1-7,12-13,15-17,21-22H,8-11,14H2,(H,33,34,39). The average Bonchev–Trinajstić information content (AvgIpc) is 3.89. The highest BCUT2D eigenvalue weighted by Gasteiger charge is 2.27. The van der Waals surface area contributed by atoms with Crippen LogP contribution in [-0.2, 0) is 6.54 Å². The molecule has 0 unspecified atom stereocenters. The Labute approximate surface area is 228 Å². The summed E-state index contributed by atoms with van der Waals surface area (Å²) >= 11 is 0. The van der Waals surface area contributed by atoms with Gasteiger partial charge in [-0.2, -0.15) is 5.10 Å². The van der Waals surface area contributed by atoms with E-state index in [-0.39, 0.29) is 17.9 Å². The highest BCUT2D eigenvalue weighted by molar-refractivity contribution is 6.04. The number of rotatable bonds is 8. The van der Waals surface area contributed by atoms with Gasteiger partial charge in [0, 0.05) is 35.1 Å². The minimum Gasteiger partial charge on any atom is -0.310 e. The van der Waals surface area contributed by atoms with Crippen LogP contribution in [0.15, 0.2) is 78.2 Å². The molecule has 2 aliphatic rings. The number of carbonyl (C=O) groups is 1. The van der Waals surface area contributed by atoms with Crippen molar-refractivity contribution in [1.82, 2.24) is 34.1 Å². The zero-order valence-corrected chi connectivity index (χ0v) is 21.4. The highest BCUT2D eigenvalue weighted by Crippen LogP contribution is 2.37. The predicted molar refractivity (Wildman–Crippen MR) is 145 cm³/mol. The second kappa shape index (κ2) is 9.67. The van der Waals surface area contributed by atoms with Gasteiger partial charge in [-0.05, 0) is 49.9 Å². The number of nitrogens with one attached hydrogen (secondary N) is 1. The van der Waals surface area contributed by atoms with Crippen molar-refractivity contribution in [2.75, 3.05) is 5.32 Å². The van der Waals surface area contributed by atoms with E-state index in [0.717, 1.165) is 31.2 Å². The summed E-state index contributed by atoms with van der Waals surface area (Å²) in [6, 6.07) is 13.8. The third kappa shape index (κ3) is 4.70. The molecule has 1 N–H and O–H groups in total. The van der Waals surface area contributed by atoms with Crippen LogP contribution in [0, 0.1) is 5.82 Å². The molecule has 0 aliphatic heterocycles. The number of halogens is 1. The van der Waals surface area contributed by atoms with Crippen molar-refractivity contribution in [1.29, 1.82) is 0 Å². The molecule has 1 aromatic carbocycles. The highest BCUT2D eigenvalue weighted by atomic mass is 19.1. The quantitative estimate of drug-likeness (QED) is 0.313. The molecule has 1 amide bonds. The number of aromatic nitrogens is 7. The van der Waals surface area contributed by atoms with Crippen molar-refractivity contribution < 1.29 is 9.18 Å². The molecule has 5 aromatic rings. The van der Waals surface area contributed by atoms with Crippen molar-refractivity contribution in [3.8, 4) is 22.6 Å². The molecular weight excluding hydrogens is 511 g/mol. The number of carbonyl (C=O) groups excluding carboxylic acids is 1. The third-order valence-corrected chi connectivity index (χ3v) is 7.22. The minimum absolute atomic E-state index is 0.0268. The van der Waals surface area contributed by atoms with Gasteiger partial charge in [-0.15, -0.1) is 10.2 Å². The van der Waals surface area contributed by atoms with E-state index < -0.39 is 17.3 Å². The number of hydrogen-bond donors (Lipinski definition) is 1. The maximum Gasteiger partial charge on any atom is 0.263 e. The van der Waals surface area contributed by atoms with Gasteiger partial charge >= 0.3 is 0 Å². The maximum atomic E-state index is 14.5. The fraction of sp³-hybridized carbons (Fsp3) is 0.241. The summed E-state index contributed by atoms with van der Waals surface area (Å²) in [6.45, 7) is -0.0268.